The first-order chi connectivity index (χ1) is 8.74. The summed E-state index contributed by atoms with van der Waals surface area (Å²) in [6.45, 7) is 11.4. The van der Waals surface area contributed by atoms with Crippen molar-refractivity contribution in [1.82, 2.24) is 5.32 Å². The van der Waals surface area contributed by atoms with Gasteiger partial charge in [0.1, 0.15) is 0 Å². The predicted octanol–water partition coefficient (Wildman–Crippen LogP) is 3.00. The second kappa shape index (κ2) is 6.57. The van der Waals surface area contributed by atoms with Gasteiger partial charge in [-0.1, -0.05) is 47.5 Å². The molecular formula is C15H31NO2S. The molecule has 1 aliphatic carbocycles. The van der Waals surface area contributed by atoms with Crippen molar-refractivity contribution in [3.8, 4) is 0 Å². The minimum absolute atomic E-state index is 0.0709. The largest absolute Gasteiger partial charge is 0.312 e. The van der Waals surface area contributed by atoms with E-state index in [0.717, 1.165) is 32.2 Å². The second-order valence-corrected chi connectivity index (χ2v) is 9.06. The van der Waals surface area contributed by atoms with Gasteiger partial charge in [-0.25, -0.2) is 8.42 Å². The highest BCUT2D eigenvalue weighted by atomic mass is 32.2. The molecule has 0 amide bonds. The number of rotatable bonds is 6. The second-order valence-electron chi connectivity index (χ2n) is 6.80. The molecule has 1 fully saturated rings. The molecule has 0 heterocycles. The van der Waals surface area contributed by atoms with Crippen LogP contribution in [-0.4, -0.2) is 32.0 Å². The number of nitrogens with one attached hydrogen (secondary N) is 1. The maximum Gasteiger partial charge on any atom is 0.154 e. The summed E-state index contributed by atoms with van der Waals surface area (Å²) in [4.78, 5) is 0. The van der Waals surface area contributed by atoms with E-state index >= 15 is 0 Å². The fourth-order valence-electron chi connectivity index (χ4n) is 3.24. The van der Waals surface area contributed by atoms with Crippen LogP contribution in [0.15, 0.2) is 0 Å². The maximum absolute atomic E-state index is 12.7. The summed E-state index contributed by atoms with van der Waals surface area (Å²) in [5.41, 5.74) is 0.0709. The van der Waals surface area contributed by atoms with Crippen molar-refractivity contribution in [2.75, 3.05) is 12.3 Å². The molecule has 3 nitrogen and oxygen atoms in total. The molecule has 0 radical (unpaired) electrons. The fraction of sp³-hybridized carbons (Fsp3) is 1.00. The van der Waals surface area contributed by atoms with Crippen LogP contribution in [0.4, 0.5) is 0 Å². The van der Waals surface area contributed by atoms with Gasteiger partial charge in [-0.15, -0.1) is 0 Å². The zero-order chi connectivity index (χ0) is 14.7. The average Bonchev–Trinajstić information content (AvgIpc) is 2.30. The number of hydrogen-bond acceptors (Lipinski definition) is 3. The highest BCUT2D eigenvalue weighted by molar-refractivity contribution is 7.92. The molecule has 0 aliphatic heterocycles. The Morgan fingerprint density at radius 1 is 1.32 bits per heavy atom. The lowest BCUT2D eigenvalue weighted by atomic mass is 9.73. The molecule has 0 aromatic heterocycles. The SMILES string of the molecule is CCNC1C(S(=O)(=O)CC(C)CC)CCCC1(C)C. The summed E-state index contributed by atoms with van der Waals surface area (Å²) in [6.07, 6.45) is 3.89. The first-order valence-corrected chi connectivity index (χ1v) is 9.41. The van der Waals surface area contributed by atoms with Crippen LogP contribution >= 0.6 is 0 Å². The van der Waals surface area contributed by atoms with Gasteiger partial charge in [0, 0.05) is 6.04 Å². The van der Waals surface area contributed by atoms with Crippen LogP contribution < -0.4 is 5.32 Å². The van der Waals surface area contributed by atoms with Crippen LogP contribution in [0.5, 0.6) is 0 Å². The lowest BCUT2D eigenvalue weighted by molar-refractivity contribution is 0.172. The van der Waals surface area contributed by atoms with E-state index in [1.807, 2.05) is 6.92 Å². The van der Waals surface area contributed by atoms with E-state index in [4.69, 9.17) is 0 Å². The zero-order valence-electron chi connectivity index (χ0n) is 13.2. The van der Waals surface area contributed by atoms with E-state index in [9.17, 15) is 8.42 Å². The van der Waals surface area contributed by atoms with Gasteiger partial charge >= 0.3 is 0 Å². The molecule has 1 aliphatic rings. The van der Waals surface area contributed by atoms with Gasteiger partial charge in [0.15, 0.2) is 9.84 Å². The molecule has 19 heavy (non-hydrogen) atoms. The molecule has 0 aromatic carbocycles. The number of sulfone groups is 1. The van der Waals surface area contributed by atoms with Gasteiger partial charge in [-0.3, -0.25) is 0 Å². The molecule has 4 heteroatoms. The average molecular weight is 289 g/mol. The Hall–Kier alpha value is -0.0900. The van der Waals surface area contributed by atoms with Crippen molar-refractivity contribution in [2.24, 2.45) is 11.3 Å². The molecule has 0 saturated heterocycles. The van der Waals surface area contributed by atoms with Crippen molar-refractivity contribution in [3.63, 3.8) is 0 Å². The van der Waals surface area contributed by atoms with Gasteiger partial charge in [0.05, 0.1) is 11.0 Å². The normalized spacial score (nSPS) is 29.1. The van der Waals surface area contributed by atoms with Crippen molar-refractivity contribution >= 4 is 9.84 Å². The third kappa shape index (κ3) is 4.19. The molecule has 0 spiro atoms. The van der Waals surface area contributed by atoms with Crippen LogP contribution in [0.1, 0.15) is 60.3 Å². The molecule has 0 bridgehead atoms. The molecule has 3 atom stereocenters. The van der Waals surface area contributed by atoms with Gasteiger partial charge in [0.25, 0.3) is 0 Å². The Bertz CT molecular complexity index is 376. The van der Waals surface area contributed by atoms with Crippen molar-refractivity contribution in [3.05, 3.63) is 0 Å². The molecule has 0 aromatic rings. The molecule has 1 N–H and O–H groups in total. The van der Waals surface area contributed by atoms with Crippen molar-refractivity contribution < 1.29 is 8.42 Å². The zero-order valence-corrected chi connectivity index (χ0v) is 14.0. The van der Waals surface area contributed by atoms with E-state index in [-0.39, 0.29) is 22.6 Å². The topological polar surface area (TPSA) is 46.2 Å². The van der Waals surface area contributed by atoms with Crippen LogP contribution in [0.25, 0.3) is 0 Å². The third-order valence-corrected chi connectivity index (χ3v) is 7.09. The maximum atomic E-state index is 12.7. The van der Waals surface area contributed by atoms with Crippen LogP contribution in [-0.2, 0) is 9.84 Å². The molecule has 1 saturated carbocycles. The quantitative estimate of drug-likeness (QED) is 0.817. The lowest BCUT2D eigenvalue weighted by Gasteiger charge is -2.44. The minimum atomic E-state index is -3.00. The third-order valence-electron chi connectivity index (χ3n) is 4.62. The Morgan fingerprint density at radius 2 is 1.95 bits per heavy atom. The minimum Gasteiger partial charge on any atom is -0.312 e. The molecule has 1 rings (SSSR count). The van der Waals surface area contributed by atoms with Crippen LogP contribution in [0.2, 0.25) is 0 Å². The summed E-state index contributed by atoms with van der Waals surface area (Å²) in [6, 6.07) is 0.0975. The summed E-state index contributed by atoms with van der Waals surface area (Å²) < 4.78 is 25.4. The van der Waals surface area contributed by atoms with Gasteiger partial charge in [-0.2, -0.15) is 0 Å². The fourth-order valence-corrected chi connectivity index (χ4v) is 5.92. The highest BCUT2D eigenvalue weighted by Gasteiger charge is 2.44. The Kier molecular flexibility index (Phi) is 5.87. The monoisotopic (exact) mass is 289 g/mol. The number of hydrogen-bond donors (Lipinski definition) is 1. The van der Waals surface area contributed by atoms with Crippen molar-refractivity contribution in [1.29, 1.82) is 0 Å². The van der Waals surface area contributed by atoms with Gasteiger partial charge < -0.3 is 5.32 Å². The molecule has 3 unspecified atom stereocenters. The van der Waals surface area contributed by atoms with Crippen LogP contribution in [0, 0.1) is 11.3 Å². The predicted molar refractivity (Wildman–Crippen MR) is 82.1 cm³/mol. The van der Waals surface area contributed by atoms with E-state index < -0.39 is 9.84 Å². The van der Waals surface area contributed by atoms with Crippen molar-refractivity contribution in [2.45, 2.75) is 71.6 Å². The summed E-state index contributed by atoms with van der Waals surface area (Å²) in [5, 5.41) is 3.24. The highest BCUT2D eigenvalue weighted by Crippen LogP contribution is 2.39. The van der Waals surface area contributed by atoms with Crippen LogP contribution in [0.3, 0.4) is 0 Å². The Balaban J connectivity index is 2.94. The smallest absolute Gasteiger partial charge is 0.154 e. The Labute approximate surface area is 119 Å². The first-order valence-electron chi connectivity index (χ1n) is 7.69. The molecule has 114 valence electrons. The van der Waals surface area contributed by atoms with Gasteiger partial charge in [-0.05, 0) is 30.7 Å². The lowest BCUT2D eigenvalue weighted by Crippen LogP contribution is -2.55. The summed E-state index contributed by atoms with van der Waals surface area (Å²) in [5.74, 6) is 0.601. The van der Waals surface area contributed by atoms with E-state index in [2.05, 4.69) is 33.0 Å². The van der Waals surface area contributed by atoms with E-state index in [1.54, 1.807) is 0 Å². The summed E-state index contributed by atoms with van der Waals surface area (Å²) in [7, 11) is -3.00. The first kappa shape index (κ1) is 17.0. The standard InChI is InChI=1S/C15H31NO2S/c1-6-12(3)11-19(17,18)13-9-8-10-15(4,5)14(13)16-7-2/h12-14,16H,6-11H2,1-5H3. The molecular weight excluding hydrogens is 258 g/mol. The Morgan fingerprint density at radius 3 is 2.47 bits per heavy atom. The van der Waals surface area contributed by atoms with E-state index in [0.29, 0.717) is 5.75 Å². The van der Waals surface area contributed by atoms with E-state index in [1.165, 1.54) is 0 Å². The van der Waals surface area contributed by atoms with Gasteiger partial charge in [0.2, 0.25) is 0 Å². The summed E-state index contributed by atoms with van der Waals surface area (Å²) >= 11 is 0.